The van der Waals surface area contributed by atoms with E-state index >= 15 is 0 Å². The molecule has 0 aliphatic heterocycles. The number of allylic oxidation sites excluding steroid dienone is 1. The molecule has 24 heavy (non-hydrogen) atoms. The molecule has 0 bridgehead atoms. The van der Waals surface area contributed by atoms with E-state index in [2.05, 4.69) is 11.9 Å². The van der Waals surface area contributed by atoms with Gasteiger partial charge in [-0.25, -0.2) is 4.79 Å². The van der Waals surface area contributed by atoms with Gasteiger partial charge in [-0.15, -0.1) is 6.58 Å². The number of unbranched alkanes of at least 4 members (excludes halogenated alkanes) is 1. The molecule has 2 aromatic rings. The maximum absolute atomic E-state index is 12.2. The molecule has 0 saturated carbocycles. The van der Waals surface area contributed by atoms with E-state index in [0.29, 0.717) is 18.4 Å². The van der Waals surface area contributed by atoms with E-state index in [1.54, 1.807) is 18.2 Å². The van der Waals surface area contributed by atoms with Crippen molar-refractivity contribution in [1.29, 1.82) is 0 Å². The number of carboxylic acid groups (broad SMARTS) is 1. The molecule has 0 fully saturated rings. The summed E-state index contributed by atoms with van der Waals surface area (Å²) in [5, 5.41) is 11.8. The van der Waals surface area contributed by atoms with Crippen molar-refractivity contribution in [2.24, 2.45) is 0 Å². The van der Waals surface area contributed by atoms with Crippen molar-refractivity contribution in [3.63, 3.8) is 0 Å². The lowest BCUT2D eigenvalue weighted by Gasteiger charge is -2.14. The third kappa shape index (κ3) is 4.81. The van der Waals surface area contributed by atoms with Crippen LogP contribution in [-0.2, 0) is 4.79 Å². The molecule has 0 spiro atoms. The predicted molar refractivity (Wildman–Crippen MR) is 94.8 cm³/mol. The first-order valence-corrected chi connectivity index (χ1v) is 7.92. The summed E-state index contributed by atoms with van der Waals surface area (Å²) >= 11 is 0. The molecule has 0 heterocycles. The Morgan fingerprint density at radius 2 is 1.67 bits per heavy atom. The highest BCUT2D eigenvalue weighted by Gasteiger charge is 2.19. The number of amides is 1. The fourth-order valence-corrected chi connectivity index (χ4v) is 2.41. The minimum atomic E-state index is -1.02. The molecule has 4 nitrogen and oxygen atoms in total. The van der Waals surface area contributed by atoms with Gasteiger partial charge in [0, 0.05) is 5.56 Å². The smallest absolute Gasteiger partial charge is 0.326 e. The van der Waals surface area contributed by atoms with Gasteiger partial charge in [-0.05, 0) is 42.5 Å². The minimum Gasteiger partial charge on any atom is -0.480 e. The van der Waals surface area contributed by atoms with Gasteiger partial charge in [0.1, 0.15) is 6.04 Å². The lowest BCUT2D eigenvalue weighted by atomic mass is 10.0. The Hall–Kier alpha value is -2.88. The molecule has 124 valence electrons. The van der Waals surface area contributed by atoms with Gasteiger partial charge in [-0.3, -0.25) is 4.79 Å². The van der Waals surface area contributed by atoms with Crippen LogP contribution in [0.15, 0.2) is 67.3 Å². The van der Waals surface area contributed by atoms with E-state index in [0.717, 1.165) is 17.5 Å². The molecular formula is C20H21NO3. The molecule has 0 aromatic heterocycles. The SMILES string of the molecule is C=CCCC[C@H](NC(=O)c1ccc(-c2ccccc2)cc1)C(=O)O. The van der Waals surface area contributed by atoms with Crippen LogP contribution in [0, 0.1) is 0 Å². The monoisotopic (exact) mass is 323 g/mol. The van der Waals surface area contributed by atoms with E-state index < -0.39 is 12.0 Å². The van der Waals surface area contributed by atoms with Crippen LogP contribution in [0.2, 0.25) is 0 Å². The summed E-state index contributed by atoms with van der Waals surface area (Å²) in [6, 6.07) is 16.1. The molecule has 1 amide bonds. The average Bonchev–Trinajstić information content (AvgIpc) is 2.61. The molecule has 2 N–H and O–H groups in total. The van der Waals surface area contributed by atoms with E-state index in [1.165, 1.54) is 0 Å². The van der Waals surface area contributed by atoms with Gasteiger partial charge >= 0.3 is 5.97 Å². The molecule has 0 saturated heterocycles. The third-order valence-electron chi connectivity index (χ3n) is 3.76. The Balaban J connectivity index is 2.03. The predicted octanol–water partition coefficient (Wildman–Crippen LogP) is 3.89. The van der Waals surface area contributed by atoms with E-state index in [4.69, 9.17) is 0 Å². The van der Waals surface area contributed by atoms with Crippen molar-refractivity contribution in [2.75, 3.05) is 0 Å². The van der Waals surface area contributed by atoms with E-state index in [1.807, 2.05) is 42.5 Å². The Morgan fingerprint density at radius 3 is 2.25 bits per heavy atom. The highest BCUT2D eigenvalue weighted by Crippen LogP contribution is 2.19. The van der Waals surface area contributed by atoms with Crippen LogP contribution in [0.4, 0.5) is 0 Å². The molecule has 0 aliphatic carbocycles. The Labute approximate surface area is 141 Å². The second-order valence-electron chi connectivity index (χ2n) is 5.53. The highest BCUT2D eigenvalue weighted by atomic mass is 16.4. The molecule has 0 unspecified atom stereocenters. The standard InChI is InChI=1S/C20H21NO3/c1-2-3-5-10-18(20(23)24)21-19(22)17-13-11-16(12-14-17)15-8-6-4-7-9-15/h2,4,6-9,11-14,18H,1,3,5,10H2,(H,21,22)(H,23,24)/t18-/m0/s1. The first-order valence-electron chi connectivity index (χ1n) is 7.92. The van der Waals surface area contributed by atoms with Gasteiger partial charge in [0.25, 0.3) is 5.91 Å². The van der Waals surface area contributed by atoms with Gasteiger partial charge in [0.15, 0.2) is 0 Å². The Morgan fingerprint density at radius 1 is 1.04 bits per heavy atom. The summed E-state index contributed by atoms with van der Waals surface area (Å²) in [6.07, 6.45) is 3.53. The summed E-state index contributed by atoms with van der Waals surface area (Å²) in [7, 11) is 0. The molecule has 0 radical (unpaired) electrons. The second kappa shape index (κ2) is 8.67. The van der Waals surface area contributed by atoms with Crippen LogP contribution < -0.4 is 5.32 Å². The topological polar surface area (TPSA) is 66.4 Å². The zero-order valence-corrected chi connectivity index (χ0v) is 13.4. The number of aliphatic carboxylic acids is 1. The van der Waals surface area contributed by atoms with Crippen molar-refractivity contribution in [3.8, 4) is 11.1 Å². The number of carbonyl (C=O) groups is 2. The molecule has 1 atom stereocenters. The van der Waals surface area contributed by atoms with Gasteiger partial charge in [0.2, 0.25) is 0 Å². The van der Waals surface area contributed by atoms with E-state index in [9.17, 15) is 14.7 Å². The number of nitrogens with one attached hydrogen (secondary N) is 1. The Kier molecular flexibility index (Phi) is 6.32. The number of rotatable bonds is 8. The lowest BCUT2D eigenvalue weighted by molar-refractivity contribution is -0.139. The summed E-state index contributed by atoms with van der Waals surface area (Å²) < 4.78 is 0. The van der Waals surface area contributed by atoms with Crippen LogP contribution in [0.25, 0.3) is 11.1 Å². The Bertz CT molecular complexity index is 693. The van der Waals surface area contributed by atoms with Gasteiger partial charge in [0.05, 0.1) is 0 Å². The van der Waals surface area contributed by atoms with Crippen LogP contribution in [0.1, 0.15) is 29.6 Å². The van der Waals surface area contributed by atoms with E-state index in [-0.39, 0.29) is 5.91 Å². The molecule has 4 heteroatoms. The summed E-state index contributed by atoms with van der Waals surface area (Å²) in [6.45, 7) is 3.61. The van der Waals surface area contributed by atoms with Crippen LogP contribution in [0.3, 0.4) is 0 Å². The van der Waals surface area contributed by atoms with Crippen molar-refractivity contribution in [1.82, 2.24) is 5.32 Å². The van der Waals surface area contributed by atoms with Gasteiger partial charge in [-0.2, -0.15) is 0 Å². The lowest BCUT2D eigenvalue weighted by Crippen LogP contribution is -2.40. The average molecular weight is 323 g/mol. The first-order chi connectivity index (χ1) is 11.6. The number of hydrogen-bond acceptors (Lipinski definition) is 2. The van der Waals surface area contributed by atoms with Crippen molar-refractivity contribution < 1.29 is 14.7 Å². The summed E-state index contributed by atoms with van der Waals surface area (Å²) in [5.74, 6) is -1.39. The molecule has 2 aromatic carbocycles. The summed E-state index contributed by atoms with van der Waals surface area (Å²) in [5.41, 5.74) is 2.52. The second-order valence-corrected chi connectivity index (χ2v) is 5.53. The zero-order valence-electron chi connectivity index (χ0n) is 13.4. The number of hydrogen-bond donors (Lipinski definition) is 2. The zero-order chi connectivity index (χ0) is 17.4. The maximum atomic E-state index is 12.2. The third-order valence-corrected chi connectivity index (χ3v) is 3.76. The van der Waals surface area contributed by atoms with Crippen molar-refractivity contribution >= 4 is 11.9 Å². The molecule has 0 aliphatic rings. The van der Waals surface area contributed by atoms with Gasteiger partial charge in [-0.1, -0.05) is 48.5 Å². The van der Waals surface area contributed by atoms with Crippen molar-refractivity contribution in [3.05, 3.63) is 72.8 Å². The first kappa shape index (κ1) is 17.5. The fraction of sp³-hybridized carbons (Fsp3) is 0.200. The fourth-order valence-electron chi connectivity index (χ4n) is 2.41. The van der Waals surface area contributed by atoms with Crippen LogP contribution in [-0.4, -0.2) is 23.0 Å². The molecular weight excluding hydrogens is 302 g/mol. The largest absolute Gasteiger partial charge is 0.480 e. The van der Waals surface area contributed by atoms with Crippen molar-refractivity contribution in [2.45, 2.75) is 25.3 Å². The number of benzene rings is 2. The number of carboxylic acids is 1. The quantitative estimate of drug-likeness (QED) is 0.572. The van der Waals surface area contributed by atoms with Crippen LogP contribution >= 0.6 is 0 Å². The highest BCUT2D eigenvalue weighted by molar-refractivity contribution is 5.97. The molecule has 2 rings (SSSR count). The minimum absolute atomic E-state index is 0.374. The summed E-state index contributed by atoms with van der Waals surface area (Å²) in [4.78, 5) is 23.5. The van der Waals surface area contributed by atoms with Gasteiger partial charge < -0.3 is 10.4 Å². The normalized spacial score (nSPS) is 11.5. The van der Waals surface area contributed by atoms with Crippen LogP contribution in [0.5, 0.6) is 0 Å². The number of carbonyl (C=O) groups excluding carboxylic acids is 1. The maximum Gasteiger partial charge on any atom is 0.326 e.